The molecule has 1 aliphatic heterocycles. The third-order valence-electron chi connectivity index (χ3n) is 2.72. The van der Waals surface area contributed by atoms with Crippen LogP contribution < -0.4 is 5.32 Å². The van der Waals surface area contributed by atoms with Crippen molar-refractivity contribution in [3.05, 3.63) is 0 Å². The fourth-order valence-corrected chi connectivity index (χ4v) is 1.94. The molecule has 1 aliphatic rings. The summed E-state index contributed by atoms with van der Waals surface area (Å²) in [4.78, 5) is 10.4. The predicted octanol–water partition coefficient (Wildman–Crippen LogP) is 1.34. The second-order valence-corrected chi connectivity index (χ2v) is 3.68. The van der Waals surface area contributed by atoms with E-state index in [0.717, 1.165) is 0 Å². The number of halogens is 2. The zero-order chi connectivity index (χ0) is 10.6. The Bertz CT molecular complexity index is 193. The van der Waals surface area contributed by atoms with Crippen molar-refractivity contribution in [1.29, 1.82) is 0 Å². The number of carbonyl (C=O) groups is 1. The molecule has 0 bridgehead atoms. The third kappa shape index (κ3) is 3.21. The Morgan fingerprint density at radius 2 is 2.00 bits per heavy atom. The largest absolute Gasteiger partial charge is 0.481 e. The second-order valence-electron chi connectivity index (χ2n) is 3.68. The molecule has 1 saturated heterocycles. The van der Waals surface area contributed by atoms with Gasteiger partial charge in [-0.3, -0.25) is 4.79 Å². The van der Waals surface area contributed by atoms with Crippen molar-refractivity contribution in [3.63, 3.8) is 0 Å². The van der Waals surface area contributed by atoms with Crippen LogP contribution in [0.3, 0.4) is 0 Å². The highest BCUT2D eigenvalue weighted by molar-refractivity contribution is 5.67. The van der Waals surface area contributed by atoms with Gasteiger partial charge in [-0.05, 0) is 31.8 Å². The SMILES string of the molecule is O=C(O)CC(C(F)F)C1CCNCC1. The van der Waals surface area contributed by atoms with E-state index in [-0.39, 0.29) is 5.92 Å². The maximum absolute atomic E-state index is 12.6. The highest BCUT2D eigenvalue weighted by atomic mass is 19.3. The van der Waals surface area contributed by atoms with E-state index >= 15 is 0 Å². The number of carboxylic acid groups (broad SMARTS) is 1. The lowest BCUT2D eigenvalue weighted by atomic mass is 9.83. The number of piperidine rings is 1. The van der Waals surface area contributed by atoms with Crippen LogP contribution in [0.25, 0.3) is 0 Å². The molecule has 0 aromatic heterocycles. The van der Waals surface area contributed by atoms with Gasteiger partial charge in [-0.15, -0.1) is 0 Å². The molecule has 82 valence electrons. The Morgan fingerprint density at radius 1 is 1.43 bits per heavy atom. The first-order chi connectivity index (χ1) is 6.61. The molecule has 0 spiro atoms. The van der Waals surface area contributed by atoms with E-state index in [1.54, 1.807) is 0 Å². The van der Waals surface area contributed by atoms with Crippen molar-refractivity contribution < 1.29 is 18.7 Å². The summed E-state index contributed by atoms with van der Waals surface area (Å²) in [6.07, 6.45) is -1.62. The number of alkyl halides is 2. The molecule has 0 saturated carbocycles. The first-order valence-corrected chi connectivity index (χ1v) is 4.82. The van der Waals surface area contributed by atoms with Gasteiger partial charge in [-0.25, -0.2) is 8.78 Å². The summed E-state index contributed by atoms with van der Waals surface area (Å²) in [5.74, 6) is -2.25. The van der Waals surface area contributed by atoms with Crippen LogP contribution in [-0.2, 0) is 4.79 Å². The first kappa shape index (κ1) is 11.4. The average molecular weight is 207 g/mol. The first-order valence-electron chi connectivity index (χ1n) is 4.82. The van der Waals surface area contributed by atoms with Crippen LogP contribution in [0.1, 0.15) is 19.3 Å². The van der Waals surface area contributed by atoms with Gasteiger partial charge in [0, 0.05) is 5.92 Å². The number of hydrogen-bond acceptors (Lipinski definition) is 2. The minimum Gasteiger partial charge on any atom is -0.481 e. The van der Waals surface area contributed by atoms with Gasteiger partial charge >= 0.3 is 5.97 Å². The quantitative estimate of drug-likeness (QED) is 0.731. The monoisotopic (exact) mass is 207 g/mol. The van der Waals surface area contributed by atoms with Crippen molar-refractivity contribution in [1.82, 2.24) is 5.32 Å². The normalized spacial score (nSPS) is 21.1. The van der Waals surface area contributed by atoms with E-state index < -0.39 is 24.7 Å². The van der Waals surface area contributed by atoms with Crippen LogP contribution in [0, 0.1) is 11.8 Å². The molecule has 1 atom stereocenters. The molecule has 1 fully saturated rings. The standard InChI is InChI=1S/C9H15F2NO2/c10-9(11)7(5-8(13)14)6-1-3-12-4-2-6/h6-7,9,12H,1-5H2,(H,13,14). The highest BCUT2D eigenvalue weighted by Crippen LogP contribution is 2.29. The molecule has 1 unspecified atom stereocenters. The molecular formula is C9H15F2NO2. The lowest BCUT2D eigenvalue weighted by Gasteiger charge is -2.29. The van der Waals surface area contributed by atoms with Crippen molar-refractivity contribution >= 4 is 5.97 Å². The van der Waals surface area contributed by atoms with Gasteiger partial charge in [0.15, 0.2) is 0 Å². The van der Waals surface area contributed by atoms with Crippen LogP contribution in [-0.4, -0.2) is 30.6 Å². The minimum atomic E-state index is -2.52. The zero-order valence-electron chi connectivity index (χ0n) is 7.88. The van der Waals surface area contributed by atoms with Crippen molar-refractivity contribution in [3.8, 4) is 0 Å². The van der Waals surface area contributed by atoms with E-state index in [9.17, 15) is 13.6 Å². The van der Waals surface area contributed by atoms with Gasteiger partial charge in [0.05, 0.1) is 6.42 Å². The van der Waals surface area contributed by atoms with Crippen molar-refractivity contribution in [2.24, 2.45) is 11.8 Å². The summed E-state index contributed by atoms with van der Waals surface area (Å²) in [7, 11) is 0. The van der Waals surface area contributed by atoms with Crippen LogP contribution in [0.5, 0.6) is 0 Å². The number of aliphatic carboxylic acids is 1. The van der Waals surface area contributed by atoms with Gasteiger partial charge in [0.25, 0.3) is 0 Å². The maximum atomic E-state index is 12.6. The van der Waals surface area contributed by atoms with Crippen LogP contribution in [0.2, 0.25) is 0 Å². The highest BCUT2D eigenvalue weighted by Gasteiger charge is 2.32. The van der Waals surface area contributed by atoms with Gasteiger partial charge < -0.3 is 10.4 Å². The van der Waals surface area contributed by atoms with Crippen molar-refractivity contribution in [2.45, 2.75) is 25.7 Å². The van der Waals surface area contributed by atoms with Gasteiger partial charge in [0.2, 0.25) is 6.43 Å². The van der Waals surface area contributed by atoms with E-state index in [1.165, 1.54) is 0 Å². The minimum absolute atomic E-state index is 0.146. The van der Waals surface area contributed by atoms with Gasteiger partial charge in [0.1, 0.15) is 0 Å². The summed E-state index contributed by atoms with van der Waals surface area (Å²) in [5.41, 5.74) is 0. The molecule has 3 nitrogen and oxygen atoms in total. The molecule has 1 rings (SSSR count). The maximum Gasteiger partial charge on any atom is 0.303 e. The van der Waals surface area contributed by atoms with E-state index in [2.05, 4.69) is 5.32 Å². The summed E-state index contributed by atoms with van der Waals surface area (Å²) in [6, 6.07) is 0. The Labute approximate surface area is 81.5 Å². The smallest absolute Gasteiger partial charge is 0.303 e. The topological polar surface area (TPSA) is 49.3 Å². The molecule has 0 radical (unpaired) electrons. The molecule has 0 amide bonds. The predicted molar refractivity (Wildman–Crippen MR) is 47.3 cm³/mol. The van der Waals surface area contributed by atoms with Crippen LogP contribution in [0.15, 0.2) is 0 Å². The van der Waals surface area contributed by atoms with E-state index in [0.29, 0.717) is 25.9 Å². The zero-order valence-corrected chi connectivity index (χ0v) is 7.88. The average Bonchev–Trinajstić information content (AvgIpc) is 2.15. The van der Waals surface area contributed by atoms with Gasteiger partial charge in [-0.1, -0.05) is 0 Å². The fourth-order valence-electron chi connectivity index (χ4n) is 1.94. The molecule has 2 N–H and O–H groups in total. The number of carboxylic acids is 1. The number of nitrogens with one attached hydrogen (secondary N) is 1. The molecule has 0 aliphatic carbocycles. The molecule has 1 heterocycles. The molecule has 5 heteroatoms. The molecule has 14 heavy (non-hydrogen) atoms. The second kappa shape index (κ2) is 5.24. The Kier molecular flexibility index (Phi) is 4.25. The van der Waals surface area contributed by atoms with E-state index in [4.69, 9.17) is 5.11 Å². The Balaban J connectivity index is 2.51. The van der Waals surface area contributed by atoms with Crippen LogP contribution in [0.4, 0.5) is 8.78 Å². The molecule has 0 aromatic rings. The summed E-state index contributed by atoms with van der Waals surface area (Å²) >= 11 is 0. The summed E-state index contributed by atoms with van der Waals surface area (Å²) in [5, 5.41) is 11.6. The lowest BCUT2D eigenvalue weighted by molar-refractivity contribution is -0.140. The Hall–Kier alpha value is -0.710. The van der Waals surface area contributed by atoms with E-state index in [1.807, 2.05) is 0 Å². The summed E-state index contributed by atoms with van der Waals surface area (Å²) in [6.45, 7) is 1.43. The fraction of sp³-hybridized carbons (Fsp3) is 0.889. The van der Waals surface area contributed by atoms with Crippen LogP contribution >= 0.6 is 0 Å². The number of rotatable bonds is 4. The molecule has 0 aromatic carbocycles. The van der Waals surface area contributed by atoms with Gasteiger partial charge in [-0.2, -0.15) is 0 Å². The summed E-state index contributed by atoms with van der Waals surface area (Å²) < 4.78 is 25.1. The lowest BCUT2D eigenvalue weighted by Crippen LogP contribution is -2.35. The Morgan fingerprint density at radius 3 is 2.43 bits per heavy atom. The van der Waals surface area contributed by atoms with Crippen molar-refractivity contribution in [2.75, 3.05) is 13.1 Å². The number of hydrogen-bond donors (Lipinski definition) is 2. The molecular weight excluding hydrogens is 192 g/mol. The third-order valence-corrected chi connectivity index (χ3v) is 2.72.